The van der Waals surface area contributed by atoms with Gasteiger partial charge in [0.25, 0.3) is 0 Å². The van der Waals surface area contributed by atoms with E-state index >= 15 is 0 Å². The third-order valence-corrected chi connectivity index (χ3v) is 4.10. The molecule has 0 spiro atoms. The molecule has 16 heavy (non-hydrogen) atoms. The highest BCUT2D eigenvalue weighted by atomic mass is 16.3. The summed E-state index contributed by atoms with van der Waals surface area (Å²) in [5.41, 5.74) is 5.74. The van der Waals surface area contributed by atoms with Crippen molar-refractivity contribution in [2.45, 2.75) is 44.6 Å². The lowest BCUT2D eigenvalue weighted by molar-refractivity contribution is -0.137. The highest BCUT2D eigenvalue weighted by molar-refractivity contribution is 5.82. The van der Waals surface area contributed by atoms with Gasteiger partial charge in [0.05, 0.1) is 12.6 Å². The van der Waals surface area contributed by atoms with Crippen molar-refractivity contribution in [2.24, 2.45) is 11.1 Å². The maximum atomic E-state index is 11.9. The van der Waals surface area contributed by atoms with Crippen molar-refractivity contribution in [2.75, 3.05) is 19.7 Å². The van der Waals surface area contributed by atoms with E-state index < -0.39 is 0 Å². The maximum Gasteiger partial charge on any atom is 0.239 e. The SMILES string of the molecule is NC1CCCN(CC2(CO)CCCC2)C1=O. The molecule has 0 aromatic carbocycles. The standard InChI is InChI=1S/C12H22N2O2/c13-10-4-3-7-14(11(10)16)8-12(9-15)5-1-2-6-12/h10,15H,1-9,13H2. The number of hydrogen-bond donors (Lipinski definition) is 2. The highest BCUT2D eigenvalue weighted by Crippen LogP contribution is 2.38. The maximum absolute atomic E-state index is 11.9. The summed E-state index contributed by atoms with van der Waals surface area (Å²) in [5.74, 6) is 0.0750. The highest BCUT2D eigenvalue weighted by Gasteiger charge is 2.38. The fourth-order valence-corrected chi connectivity index (χ4v) is 3.02. The summed E-state index contributed by atoms with van der Waals surface area (Å²) in [6.07, 6.45) is 6.24. The molecule has 2 aliphatic rings. The Morgan fingerprint density at radius 2 is 2.06 bits per heavy atom. The molecular formula is C12H22N2O2. The zero-order valence-electron chi connectivity index (χ0n) is 9.82. The Labute approximate surface area is 96.8 Å². The van der Waals surface area contributed by atoms with Gasteiger partial charge in [-0.05, 0) is 25.7 Å². The first-order chi connectivity index (χ1) is 7.67. The summed E-state index contributed by atoms with van der Waals surface area (Å²) < 4.78 is 0. The Morgan fingerprint density at radius 1 is 1.38 bits per heavy atom. The molecule has 1 heterocycles. The quantitative estimate of drug-likeness (QED) is 0.736. The van der Waals surface area contributed by atoms with Gasteiger partial charge in [0.1, 0.15) is 0 Å². The second-order valence-corrected chi connectivity index (χ2v) is 5.37. The minimum Gasteiger partial charge on any atom is -0.396 e. The van der Waals surface area contributed by atoms with E-state index in [1.807, 2.05) is 4.90 Å². The zero-order valence-corrected chi connectivity index (χ0v) is 9.82. The summed E-state index contributed by atoms with van der Waals surface area (Å²) in [5, 5.41) is 9.53. The zero-order chi connectivity index (χ0) is 11.6. The van der Waals surface area contributed by atoms with Crippen LogP contribution in [-0.4, -0.2) is 41.7 Å². The Morgan fingerprint density at radius 3 is 2.69 bits per heavy atom. The van der Waals surface area contributed by atoms with E-state index in [0.717, 1.165) is 32.2 Å². The first kappa shape index (κ1) is 11.9. The van der Waals surface area contributed by atoms with Crippen molar-refractivity contribution < 1.29 is 9.90 Å². The molecule has 92 valence electrons. The molecule has 1 unspecified atom stereocenters. The molecule has 0 bridgehead atoms. The van der Waals surface area contributed by atoms with Gasteiger partial charge in [-0.3, -0.25) is 4.79 Å². The van der Waals surface area contributed by atoms with Crippen LogP contribution in [0.3, 0.4) is 0 Å². The number of amides is 1. The predicted octanol–water partition coefficient (Wildman–Crippen LogP) is 0.489. The Balaban J connectivity index is 1.99. The minimum absolute atomic E-state index is 0.0350. The number of nitrogens with two attached hydrogens (primary N) is 1. The lowest BCUT2D eigenvalue weighted by atomic mass is 9.86. The van der Waals surface area contributed by atoms with E-state index in [9.17, 15) is 9.90 Å². The summed E-state index contributed by atoms with van der Waals surface area (Å²) in [6.45, 7) is 1.72. The molecule has 4 heteroatoms. The number of rotatable bonds is 3. The van der Waals surface area contributed by atoms with Crippen molar-refractivity contribution in [3.8, 4) is 0 Å². The number of piperidine rings is 1. The fraction of sp³-hybridized carbons (Fsp3) is 0.917. The average Bonchev–Trinajstić information content (AvgIpc) is 2.74. The van der Waals surface area contributed by atoms with Crippen LogP contribution in [0.15, 0.2) is 0 Å². The third kappa shape index (κ3) is 2.23. The van der Waals surface area contributed by atoms with E-state index in [1.54, 1.807) is 0 Å². The molecule has 1 atom stereocenters. The van der Waals surface area contributed by atoms with E-state index in [2.05, 4.69) is 0 Å². The van der Waals surface area contributed by atoms with Crippen LogP contribution in [-0.2, 0) is 4.79 Å². The van der Waals surface area contributed by atoms with Crippen LogP contribution < -0.4 is 5.73 Å². The molecule has 1 amide bonds. The van der Waals surface area contributed by atoms with Gasteiger partial charge in [-0.15, -0.1) is 0 Å². The summed E-state index contributed by atoms with van der Waals surface area (Å²) in [6, 6.07) is -0.314. The van der Waals surface area contributed by atoms with E-state index in [-0.39, 0.29) is 24.0 Å². The van der Waals surface area contributed by atoms with Crippen molar-refractivity contribution in [1.82, 2.24) is 4.90 Å². The van der Waals surface area contributed by atoms with Gasteiger partial charge in [-0.1, -0.05) is 12.8 Å². The number of aliphatic hydroxyl groups is 1. The molecule has 0 aromatic heterocycles. The largest absolute Gasteiger partial charge is 0.396 e. The summed E-state index contributed by atoms with van der Waals surface area (Å²) in [4.78, 5) is 13.8. The van der Waals surface area contributed by atoms with Crippen LogP contribution in [0.1, 0.15) is 38.5 Å². The molecule has 0 radical (unpaired) electrons. The van der Waals surface area contributed by atoms with Crippen LogP contribution in [0.4, 0.5) is 0 Å². The van der Waals surface area contributed by atoms with Crippen molar-refractivity contribution in [3.05, 3.63) is 0 Å². The summed E-state index contributed by atoms with van der Waals surface area (Å²) in [7, 11) is 0. The normalized spacial score (nSPS) is 29.8. The first-order valence-corrected chi connectivity index (χ1v) is 6.32. The smallest absolute Gasteiger partial charge is 0.239 e. The van der Waals surface area contributed by atoms with Crippen LogP contribution in [0.25, 0.3) is 0 Å². The van der Waals surface area contributed by atoms with Gasteiger partial charge < -0.3 is 15.7 Å². The van der Waals surface area contributed by atoms with Crippen molar-refractivity contribution in [1.29, 1.82) is 0 Å². The van der Waals surface area contributed by atoms with Crippen LogP contribution in [0.2, 0.25) is 0 Å². The number of nitrogens with zero attached hydrogens (tertiary/aromatic N) is 1. The van der Waals surface area contributed by atoms with Crippen LogP contribution in [0, 0.1) is 5.41 Å². The fourth-order valence-electron chi connectivity index (χ4n) is 3.02. The molecule has 2 rings (SSSR count). The third-order valence-electron chi connectivity index (χ3n) is 4.10. The predicted molar refractivity (Wildman–Crippen MR) is 61.8 cm³/mol. The number of carbonyl (C=O) groups excluding carboxylic acids is 1. The second kappa shape index (κ2) is 4.72. The number of aliphatic hydroxyl groups excluding tert-OH is 1. The topological polar surface area (TPSA) is 66.6 Å². The second-order valence-electron chi connectivity index (χ2n) is 5.37. The van der Waals surface area contributed by atoms with Crippen LogP contribution >= 0.6 is 0 Å². The number of hydrogen-bond acceptors (Lipinski definition) is 3. The molecular weight excluding hydrogens is 204 g/mol. The molecule has 2 fully saturated rings. The van der Waals surface area contributed by atoms with Crippen LogP contribution in [0.5, 0.6) is 0 Å². The van der Waals surface area contributed by atoms with Crippen molar-refractivity contribution in [3.63, 3.8) is 0 Å². The van der Waals surface area contributed by atoms with Gasteiger partial charge >= 0.3 is 0 Å². The van der Waals surface area contributed by atoms with Gasteiger partial charge in [0, 0.05) is 18.5 Å². The van der Waals surface area contributed by atoms with Crippen molar-refractivity contribution >= 4 is 5.91 Å². The Kier molecular flexibility index (Phi) is 3.50. The van der Waals surface area contributed by atoms with E-state index in [1.165, 1.54) is 12.8 Å². The number of carbonyl (C=O) groups is 1. The summed E-state index contributed by atoms with van der Waals surface area (Å²) >= 11 is 0. The molecule has 1 aliphatic heterocycles. The molecule has 1 saturated carbocycles. The monoisotopic (exact) mass is 226 g/mol. The van der Waals surface area contributed by atoms with Gasteiger partial charge in [0.15, 0.2) is 0 Å². The number of likely N-dealkylation sites (tertiary alicyclic amines) is 1. The van der Waals surface area contributed by atoms with Gasteiger partial charge in [0.2, 0.25) is 5.91 Å². The molecule has 1 saturated heterocycles. The van der Waals surface area contributed by atoms with Gasteiger partial charge in [-0.2, -0.15) is 0 Å². The Hall–Kier alpha value is -0.610. The molecule has 4 nitrogen and oxygen atoms in total. The molecule has 3 N–H and O–H groups in total. The lowest BCUT2D eigenvalue weighted by Crippen LogP contribution is -2.52. The Bertz CT molecular complexity index is 262. The lowest BCUT2D eigenvalue weighted by Gasteiger charge is -2.37. The first-order valence-electron chi connectivity index (χ1n) is 6.32. The molecule has 0 aromatic rings. The minimum atomic E-state index is -0.314. The van der Waals surface area contributed by atoms with Gasteiger partial charge in [-0.25, -0.2) is 0 Å². The van der Waals surface area contributed by atoms with E-state index in [0.29, 0.717) is 6.54 Å². The molecule has 1 aliphatic carbocycles. The van der Waals surface area contributed by atoms with E-state index in [4.69, 9.17) is 5.73 Å². The average molecular weight is 226 g/mol.